The zero-order chi connectivity index (χ0) is 13.1. The predicted octanol–water partition coefficient (Wildman–Crippen LogP) is 1.59. The maximum Gasteiger partial charge on any atom is 0.252 e. The van der Waals surface area contributed by atoms with Gasteiger partial charge in [0.25, 0.3) is 5.91 Å². The van der Waals surface area contributed by atoms with E-state index in [9.17, 15) is 4.79 Å². The van der Waals surface area contributed by atoms with Gasteiger partial charge >= 0.3 is 0 Å². The smallest absolute Gasteiger partial charge is 0.252 e. The summed E-state index contributed by atoms with van der Waals surface area (Å²) in [7, 11) is 1.71. The Morgan fingerprint density at radius 3 is 2.78 bits per heavy atom. The van der Waals surface area contributed by atoms with Crippen LogP contribution in [0.5, 0.6) is 0 Å². The molecule has 0 aliphatic heterocycles. The van der Waals surface area contributed by atoms with Crippen molar-refractivity contribution in [3.8, 4) is 11.1 Å². The third kappa shape index (κ3) is 2.15. The average Bonchev–Trinajstić information content (AvgIpc) is 2.39. The van der Waals surface area contributed by atoms with Crippen LogP contribution in [0.3, 0.4) is 0 Å². The van der Waals surface area contributed by atoms with Crippen LogP contribution >= 0.6 is 0 Å². The number of hydrogen-bond acceptors (Lipinski definition) is 4. The van der Waals surface area contributed by atoms with Crippen molar-refractivity contribution in [1.29, 1.82) is 0 Å². The summed E-state index contributed by atoms with van der Waals surface area (Å²) in [6, 6.07) is 5.50. The van der Waals surface area contributed by atoms with Crippen LogP contribution in [-0.4, -0.2) is 22.9 Å². The number of anilines is 1. The standard InChI is InChI=1S/C13H14N4O/c1-8-10(9-4-3-5-16-7-9)6-11(12(14)18)13(15-2)17-8/h3-7H,1-2H3,(H2,14,18)(H,15,17). The molecule has 0 atom stereocenters. The second kappa shape index (κ2) is 4.83. The molecular weight excluding hydrogens is 228 g/mol. The number of primary amides is 1. The molecule has 2 heterocycles. The maximum absolute atomic E-state index is 11.4. The van der Waals surface area contributed by atoms with Gasteiger partial charge in [-0.3, -0.25) is 9.78 Å². The van der Waals surface area contributed by atoms with Crippen LogP contribution in [0.2, 0.25) is 0 Å². The van der Waals surface area contributed by atoms with E-state index in [2.05, 4.69) is 15.3 Å². The van der Waals surface area contributed by atoms with Crippen molar-refractivity contribution in [2.45, 2.75) is 6.92 Å². The van der Waals surface area contributed by atoms with Gasteiger partial charge in [0.05, 0.1) is 5.56 Å². The summed E-state index contributed by atoms with van der Waals surface area (Å²) >= 11 is 0. The highest BCUT2D eigenvalue weighted by Gasteiger charge is 2.13. The van der Waals surface area contributed by atoms with E-state index < -0.39 is 5.91 Å². The number of nitrogens with two attached hydrogens (primary N) is 1. The minimum Gasteiger partial charge on any atom is -0.372 e. The number of amides is 1. The summed E-state index contributed by atoms with van der Waals surface area (Å²) in [6.45, 7) is 1.88. The largest absolute Gasteiger partial charge is 0.372 e. The molecule has 0 spiro atoms. The Morgan fingerprint density at radius 2 is 2.22 bits per heavy atom. The lowest BCUT2D eigenvalue weighted by atomic mass is 10.0. The third-order valence-corrected chi connectivity index (χ3v) is 2.69. The molecule has 0 saturated carbocycles. The first-order valence-electron chi connectivity index (χ1n) is 5.53. The number of nitrogens with one attached hydrogen (secondary N) is 1. The van der Waals surface area contributed by atoms with E-state index >= 15 is 0 Å². The fraction of sp³-hybridized carbons (Fsp3) is 0.154. The van der Waals surface area contributed by atoms with Gasteiger partial charge < -0.3 is 11.1 Å². The van der Waals surface area contributed by atoms with E-state index in [-0.39, 0.29) is 0 Å². The number of aromatic nitrogens is 2. The van der Waals surface area contributed by atoms with E-state index in [0.717, 1.165) is 16.8 Å². The SMILES string of the molecule is CNc1nc(C)c(-c2cccnc2)cc1C(N)=O. The molecule has 18 heavy (non-hydrogen) atoms. The zero-order valence-electron chi connectivity index (χ0n) is 10.3. The number of aryl methyl sites for hydroxylation is 1. The summed E-state index contributed by atoms with van der Waals surface area (Å²) in [5.74, 6) is -0.00960. The number of carbonyl (C=O) groups is 1. The number of rotatable bonds is 3. The van der Waals surface area contributed by atoms with Gasteiger partial charge in [-0.05, 0) is 19.1 Å². The van der Waals surface area contributed by atoms with Crippen molar-refractivity contribution in [1.82, 2.24) is 9.97 Å². The molecule has 0 fully saturated rings. The highest BCUT2D eigenvalue weighted by Crippen LogP contribution is 2.25. The lowest BCUT2D eigenvalue weighted by molar-refractivity contribution is 0.100. The first kappa shape index (κ1) is 12.0. The van der Waals surface area contributed by atoms with E-state index in [1.807, 2.05) is 19.1 Å². The highest BCUT2D eigenvalue weighted by molar-refractivity contribution is 5.99. The van der Waals surface area contributed by atoms with Gasteiger partial charge in [0.2, 0.25) is 0 Å². The lowest BCUT2D eigenvalue weighted by Crippen LogP contribution is -2.15. The van der Waals surface area contributed by atoms with E-state index in [1.54, 1.807) is 25.5 Å². The van der Waals surface area contributed by atoms with E-state index in [1.165, 1.54) is 0 Å². The van der Waals surface area contributed by atoms with Crippen molar-refractivity contribution >= 4 is 11.7 Å². The molecule has 92 valence electrons. The second-order valence-corrected chi connectivity index (χ2v) is 3.87. The van der Waals surface area contributed by atoms with Crippen molar-refractivity contribution < 1.29 is 4.79 Å². The van der Waals surface area contributed by atoms with E-state index in [4.69, 9.17) is 5.73 Å². The minimum absolute atomic E-state index is 0.377. The fourth-order valence-corrected chi connectivity index (χ4v) is 1.80. The Balaban J connectivity index is 2.63. The third-order valence-electron chi connectivity index (χ3n) is 2.69. The molecular formula is C13H14N4O. The van der Waals surface area contributed by atoms with Crippen molar-refractivity contribution in [2.24, 2.45) is 5.73 Å². The molecule has 3 N–H and O–H groups in total. The Labute approximate surface area is 105 Å². The normalized spacial score (nSPS) is 10.1. The molecule has 5 heteroatoms. The van der Waals surface area contributed by atoms with Crippen molar-refractivity contribution in [3.63, 3.8) is 0 Å². The van der Waals surface area contributed by atoms with Crippen LogP contribution in [-0.2, 0) is 0 Å². The molecule has 0 radical (unpaired) electrons. The lowest BCUT2D eigenvalue weighted by Gasteiger charge is -2.11. The number of carbonyl (C=O) groups excluding carboxylic acids is 1. The molecule has 1 amide bonds. The van der Waals surface area contributed by atoms with Crippen LogP contribution < -0.4 is 11.1 Å². The molecule has 2 rings (SSSR count). The molecule has 0 bridgehead atoms. The quantitative estimate of drug-likeness (QED) is 0.856. The minimum atomic E-state index is -0.503. The average molecular weight is 242 g/mol. The van der Waals surface area contributed by atoms with Crippen molar-refractivity contribution in [3.05, 3.63) is 41.9 Å². The molecule has 2 aromatic heterocycles. The Kier molecular flexibility index (Phi) is 3.23. The summed E-state index contributed by atoms with van der Waals surface area (Å²) in [5.41, 5.74) is 8.31. The topological polar surface area (TPSA) is 80.9 Å². The zero-order valence-corrected chi connectivity index (χ0v) is 10.3. The Hall–Kier alpha value is -2.43. The number of hydrogen-bond donors (Lipinski definition) is 2. The molecule has 0 aliphatic rings. The Bertz CT molecular complexity index is 581. The number of pyridine rings is 2. The van der Waals surface area contributed by atoms with E-state index in [0.29, 0.717) is 11.4 Å². The van der Waals surface area contributed by atoms with Crippen LogP contribution in [0.15, 0.2) is 30.6 Å². The summed E-state index contributed by atoms with van der Waals surface area (Å²) in [6.07, 6.45) is 3.43. The van der Waals surface area contributed by atoms with Crippen LogP contribution in [0.1, 0.15) is 16.1 Å². The van der Waals surface area contributed by atoms with Crippen LogP contribution in [0.25, 0.3) is 11.1 Å². The van der Waals surface area contributed by atoms with Gasteiger partial charge in [-0.1, -0.05) is 6.07 Å². The van der Waals surface area contributed by atoms with Gasteiger partial charge in [0.15, 0.2) is 0 Å². The number of nitrogens with zero attached hydrogens (tertiary/aromatic N) is 2. The van der Waals surface area contributed by atoms with Gasteiger partial charge in [-0.25, -0.2) is 4.98 Å². The molecule has 0 saturated heterocycles. The first-order chi connectivity index (χ1) is 8.63. The monoisotopic (exact) mass is 242 g/mol. The van der Waals surface area contributed by atoms with Crippen LogP contribution in [0, 0.1) is 6.92 Å². The highest BCUT2D eigenvalue weighted by atomic mass is 16.1. The van der Waals surface area contributed by atoms with Crippen LogP contribution in [0.4, 0.5) is 5.82 Å². The summed E-state index contributed by atoms with van der Waals surface area (Å²) < 4.78 is 0. The Morgan fingerprint density at radius 1 is 1.44 bits per heavy atom. The van der Waals surface area contributed by atoms with Crippen molar-refractivity contribution in [2.75, 3.05) is 12.4 Å². The van der Waals surface area contributed by atoms with Gasteiger partial charge in [-0.15, -0.1) is 0 Å². The van der Waals surface area contributed by atoms with Gasteiger partial charge in [0.1, 0.15) is 5.82 Å². The molecule has 0 unspecified atom stereocenters. The summed E-state index contributed by atoms with van der Waals surface area (Å²) in [4.78, 5) is 19.8. The summed E-state index contributed by atoms with van der Waals surface area (Å²) in [5, 5.41) is 2.87. The fourth-order valence-electron chi connectivity index (χ4n) is 1.80. The molecule has 0 aromatic carbocycles. The van der Waals surface area contributed by atoms with Gasteiger partial charge in [-0.2, -0.15) is 0 Å². The second-order valence-electron chi connectivity index (χ2n) is 3.87. The first-order valence-corrected chi connectivity index (χ1v) is 5.53. The van der Waals surface area contributed by atoms with Gasteiger partial charge in [0, 0.05) is 36.3 Å². The predicted molar refractivity (Wildman–Crippen MR) is 70.3 cm³/mol. The molecule has 2 aromatic rings. The molecule has 5 nitrogen and oxygen atoms in total. The molecule has 0 aliphatic carbocycles. The maximum atomic E-state index is 11.4.